The highest BCUT2D eigenvalue weighted by Crippen LogP contribution is 2.32. The number of anilines is 2. The third kappa shape index (κ3) is 3.93. The van der Waals surface area contributed by atoms with Crippen molar-refractivity contribution in [2.75, 3.05) is 38.7 Å². The number of carbonyl (C=O) groups excluding carboxylic acids is 1. The van der Waals surface area contributed by atoms with E-state index in [1.807, 2.05) is 6.07 Å². The summed E-state index contributed by atoms with van der Waals surface area (Å²) in [6.45, 7) is 8.49. The van der Waals surface area contributed by atoms with E-state index in [0.717, 1.165) is 5.52 Å². The second-order valence-corrected chi connectivity index (χ2v) is 8.22. The van der Waals surface area contributed by atoms with Gasteiger partial charge in [-0.05, 0) is 18.2 Å². The predicted molar refractivity (Wildman–Crippen MR) is 113 cm³/mol. The van der Waals surface area contributed by atoms with E-state index in [1.165, 1.54) is 0 Å². The minimum absolute atomic E-state index is 0.0313. The molecular formula is C21H26N6O3. The molecule has 0 atom stereocenters. The van der Waals surface area contributed by atoms with Crippen molar-refractivity contribution in [1.82, 2.24) is 25.1 Å². The number of rotatable bonds is 4. The first-order chi connectivity index (χ1) is 14.4. The van der Waals surface area contributed by atoms with E-state index in [-0.39, 0.29) is 11.3 Å². The Morgan fingerprint density at radius 3 is 2.70 bits per heavy atom. The van der Waals surface area contributed by atoms with Gasteiger partial charge in [-0.2, -0.15) is 5.10 Å². The Morgan fingerprint density at radius 1 is 1.23 bits per heavy atom. The number of aromatic amines is 1. The van der Waals surface area contributed by atoms with Crippen molar-refractivity contribution < 1.29 is 14.3 Å². The smallest absolute Gasteiger partial charge is 0.254 e. The number of morpholine rings is 1. The number of nitrogens with one attached hydrogen (secondary N) is 2. The normalized spacial score (nSPS) is 14.7. The Hall–Kier alpha value is -3.20. The van der Waals surface area contributed by atoms with Gasteiger partial charge in [0.1, 0.15) is 22.6 Å². The molecule has 9 nitrogen and oxygen atoms in total. The molecule has 1 saturated heterocycles. The highest BCUT2D eigenvalue weighted by atomic mass is 16.5. The van der Waals surface area contributed by atoms with Gasteiger partial charge >= 0.3 is 0 Å². The molecule has 1 fully saturated rings. The topological polar surface area (TPSA) is 105 Å². The SMILES string of the molecule is COc1cc(C(=O)N2CCOCC2)ccc1Nc1nc(C(C)(C)C)nc2cn[nH]c12. The molecule has 2 N–H and O–H groups in total. The first kappa shape index (κ1) is 20.1. The molecule has 3 aromatic rings. The minimum atomic E-state index is -0.222. The summed E-state index contributed by atoms with van der Waals surface area (Å²) >= 11 is 0. The molecule has 0 aliphatic carbocycles. The van der Waals surface area contributed by atoms with Crippen LogP contribution in [0.2, 0.25) is 0 Å². The van der Waals surface area contributed by atoms with Crippen LogP contribution < -0.4 is 10.1 Å². The molecule has 30 heavy (non-hydrogen) atoms. The van der Waals surface area contributed by atoms with Gasteiger partial charge in [0.05, 0.1) is 32.2 Å². The second-order valence-electron chi connectivity index (χ2n) is 8.22. The van der Waals surface area contributed by atoms with Crippen molar-refractivity contribution in [1.29, 1.82) is 0 Å². The molecule has 0 spiro atoms. The van der Waals surface area contributed by atoms with Crippen LogP contribution in [-0.2, 0) is 10.2 Å². The van der Waals surface area contributed by atoms with Crippen LogP contribution in [0.5, 0.6) is 5.75 Å². The molecule has 0 saturated carbocycles. The van der Waals surface area contributed by atoms with Gasteiger partial charge < -0.3 is 19.7 Å². The van der Waals surface area contributed by atoms with E-state index in [4.69, 9.17) is 14.5 Å². The summed E-state index contributed by atoms with van der Waals surface area (Å²) in [7, 11) is 1.58. The quantitative estimate of drug-likeness (QED) is 0.681. The van der Waals surface area contributed by atoms with Gasteiger partial charge in [0, 0.05) is 24.1 Å². The van der Waals surface area contributed by atoms with Crippen LogP contribution in [0.3, 0.4) is 0 Å². The van der Waals surface area contributed by atoms with E-state index >= 15 is 0 Å². The first-order valence-electron chi connectivity index (χ1n) is 9.90. The highest BCUT2D eigenvalue weighted by Gasteiger charge is 2.22. The van der Waals surface area contributed by atoms with Crippen LogP contribution in [0.25, 0.3) is 11.0 Å². The van der Waals surface area contributed by atoms with Gasteiger partial charge in [0.25, 0.3) is 5.91 Å². The van der Waals surface area contributed by atoms with Crippen LogP contribution >= 0.6 is 0 Å². The van der Waals surface area contributed by atoms with Crippen LogP contribution in [0.15, 0.2) is 24.4 Å². The Morgan fingerprint density at radius 2 is 2.00 bits per heavy atom. The monoisotopic (exact) mass is 410 g/mol. The molecule has 1 aromatic carbocycles. The largest absolute Gasteiger partial charge is 0.495 e. The number of aromatic nitrogens is 4. The standard InChI is InChI=1S/C21H26N6O3/c1-21(2,3)20-24-15-12-22-26-17(15)18(25-20)23-14-6-5-13(11-16(14)29-4)19(28)27-7-9-30-10-8-27/h5-6,11-12H,7-10H2,1-4H3,(H,22,26)(H,23,24,25). The predicted octanol–water partition coefficient (Wildman–Crippen LogP) is 2.88. The molecular weight excluding hydrogens is 384 g/mol. The third-order valence-electron chi connectivity index (χ3n) is 4.97. The minimum Gasteiger partial charge on any atom is -0.495 e. The summed E-state index contributed by atoms with van der Waals surface area (Å²) in [4.78, 5) is 23.9. The summed E-state index contributed by atoms with van der Waals surface area (Å²) < 4.78 is 10.9. The van der Waals surface area contributed by atoms with E-state index < -0.39 is 0 Å². The number of H-pyrrole nitrogens is 1. The van der Waals surface area contributed by atoms with Crippen LogP contribution in [-0.4, -0.2) is 64.4 Å². The molecule has 0 radical (unpaired) electrons. The van der Waals surface area contributed by atoms with Gasteiger partial charge in [0.15, 0.2) is 5.82 Å². The Balaban J connectivity index is 1.66. The number of fused-ring (bicyclic) bond motifs is 1. The van der Waals surface area contributed by atoms with Crippen molar-refractivity contribution in [3.05, 3.63) is 35.8 Å². The van der Waals surface area contributed by atoms with E-state index in [9.17, 15) is 4.79 Å². The number of ether oxygens (including phenoxy) is 2. The van der Waals surface area contributed by atoms with E-state index in [1.54, 1.807) is 30.3 Å². The average molecular weight is 410 g/mol. The number of hydrogen-bond donors (Lipinski definition) is 2. The zero-order valence-corrected chi connectivity index (χ0v) is 17.7. The second kappa shape index (κ2) is 7.91. The number of hydrogen-bond acceptors (Lipinski definition) is 7. The molecule has 3 heterocycles. The van der Waals surface area contributed by atoms with E-state index in [2.05, 4.69) is 41.3 Å². The van der Waals surface area contributed by atoms with E-state index in [0.29, 0.717) is 60.5 Å². The molecule has 1 aliphatic rings. The van der Waals surface area contributed by atoms with Crippen molar-refractivity contribution in [3.8, 4) is 5.75 Å². The van der Waals surface area contributed by atoms with Crippen LogP contribution in [0, 0.1) is 0 Å². The first-order valence-corrected chi connectivity index (χ1v) is 9.90. The summed E-state index contributed by atoms with van der Waals surface area (Å²) in [5.74, 6) is 1.83. The lowest BCUT2D eigenvalue weighted by Gasteiger charge is -2.27. The number of methoxy groups -OCH3 is 1. The summed E-state index contributed by atoms with van der Waals surface area (Å²) in [5, 5.41) is 10.4. The molecule has 158 valence electrons. The van der Waals surface area contributed by atoms with Gasteiger partial charge in [-0.15, -0.1) is 0 Å². The number of carbonyl (C=O) groups is 1. The zero-order chi connectivity index (χ0) is 21.3. The summed E-state index contributed by atoms with van der Waals surface area (Å²) in [6.07, 6.45) is 1.68. The Kier molecular flexibility index (Phi) is 5.29. The maximum absolute atomic E-state index is 12.8. The molecule has 1 aliphatic heterocycles. The molecule has 0 bridgehead atoms. The zero-order valence-electron chi connectivity index (χ0n) is 17.7. The fourth-order valence-corrected chi connectivity index (χ4v) is 3.27. The van der Waals surface area contributed by atoms with Crippen molar-refractivity contribution >= 4 is 28.4 Å². The van der Waals surface area contributed by atoms with Gasteiger partial charge in [-0.3, -0.25) is 9.89 Å². The van der Waals surface area contributed by atoms with Gasteiger partial charge in [-0.25, -0.2) is 9.97 Å². The lowest BCUT2D eigenvalue weighted by atomic mass is 9.95. The molecule has 4 rings (SSSR count). The van der Waals surface area contributed by atoms with Crippen molar-refractivity contribution in [2.24, 2.45) is 0 Å². The molecule has 0 unspecified atom stereocenters. The number of benzene rings is 1. The Labute approximate surface area is 174 Å². The Bertz CT molecular complexity index is 1070. The number of nitrogens with zero attached hydrogens (tertiary/aromatic N) is 4. The maximum atomic E-state index is 12.8. The average Bonchev–Trinajstić information content (AvgIpc) is 3.22. The van der Waals surface area contributed by atoms with Crippen LogP contribution in [0.4, 0.5) is 11.5 Å². The lowest BCUT2D eigenvalue weighted by Crippen LogP contribution is -2.40. The maximum Gasteiger partial charge on any atom is 0.254 e. The van der Waals surface area contributed by atoms with Gasteiger partial charge in [0.2, 0.25) is 0 Å². The summed E-state index contributed by atoms with van der Waals surface area (Å²) in [5.41, 5.74) is 2.49. The highest BCUT2D eigenvalue weighted by molar-refractivity contribution is 5.96. The molecule has 9 heteroatoms. The fourth-order valence-electron chi connectivity index (χ4n) is 3.27. The molecule has 2 aromatic heterocycles. The van der Waals surface area contributed by atoms with Crippen LogP contribution in [0.1, 0.15) is 37.0 Å². The lowest BCUT2D eigenvalue weighted by molar-refractivity contribution is 0.0302. The fraction of sp³-hybridized carbons (Fsp3) is 0.429. The van der Waals surface area contributed by atoms with Crippen molar-refractivity contribution in [3.63, 3.8) is 0 Å². The third-order valence-corrected chi connectivity index (χ3v) is 4.97. The molecule has 1 amide bonds. The number of amides is 1. The van der Waals surface area contributed by atoms with Gasteiger partial charge in [-0.1, -0.05) is 20.8 Å². The summed E-state index contributed by atoms with van der Waals surface area (Å²) in [6, 6.07) is 5.36. The van der Waals surface area contributed by atoms with Crippen molar-refractivity contribution in [2.45, 2.75) is 26.2 Å².